The SMILES string of the molecule is CCCC(C#N)C(=O)NCc1ccc2c(c1)OCO2. The molecular formula is C14H16N2O3. The summed E-state index contributed by atoms with van der Waals surface area (Å²) < 4.78 is 10.5. The van der Waals surface area contributed by atoms with Crippen LogP contribution < -0.4 is 14.8 Å². The fraction of sp³-hybridized carbons (Fsp3) is 0.429. The Morgan fingerprint density at radius 3 is 3.00 bits per heavy atom. The maximum atomic E-state index is 11.8. The van der Waals surface area contributed by atoms with E-state index in [1.54, 1.807) is 0 Å². The van der Waals surface area contributed by atoms with E-state index in [1.165, 1.54) is 0 Å². The van der Waals surface area contributed by atoms with E-state index < -0.39 is 5.92 Å². The second kappa shape index (κ2) is 6.10. The van der Waals surface area contributed by atoms with E-state index in [0.717, 1.165) is 17.7 Å². The standard InChI is InChI=1S/C14H16N2O3/c1-2-3-11(7-15)14(17)16-8-10-4-5-12-13(6-10)19-9-18-12/h4-6,11H,2-3,8-9H2,1H3,(H,16,17). The van der Waals surface area contributed by atoms with Crippen molar-refractivity contribution >= 4 is 5.91 Å². The molecule has 5 heteroatoms. The molecule has 1 heterocycles. The zero-order chi connectivity index (χ0) is 13.7. The Hall–Kier alpha value is -2.22. The molecule has 1 aliphatic rings. The highest BCUT2D eigenvalue weighted by Crippen LogP contribution is 2.32. The summed E-state index contributed by atoms with van der Waals surface area (Å²) in [6.07, 6.45) is 1.40. The second-order valence-electron chi connectivity index (χ2n) is 4.38. The van der Waals surface area contributed by atoms with E-state index in [2.05, 4.69) is 5.32 Å². The highest BCUT2D eigenvalue weighted by molar-refractivity contribution is 5.80. The molecule has 2 rings (SSSR count). The molecule has 0 saturated heterocycles. The molecule has 1 aromatic carbocycles. The Morgan fingerprint density at radius 1 is 1.47 bits per heavy atom. The molecule has 1 atom stereocenters. The first-order valence-corrected chi connectivity index (χ1v) is 6.30. The summed E-state index contributed by atoms with van der Waals surface area (Å²) in [5.74, 6) is 0.620. The van der Waals surface area contributed by atoms with Crippen LogP contribution >= 0.6 is 0 Å². The number of ether oxygens (including phenoxy) is 2. The van der Waals surface area contributed by atoms with Gasteiger partial charge in [0.1, 0.15) is 5.92 Å². The van der Waals surface area contributed by atoms with Crippen LogP contribution in [0.25, 0.3) is 0 Å². The van der Waals surface area contributed by atoms with Crippen molar-refractivity contribution in [2.24, 2.45) is 5.92 Å². The normalized spacial score (nSPS) is 13.7. The molecule has 0 radical (unpaired) electrons. The number of amides is 1. The number of nitrogens with zero attached hydrogens (tertiary/aromatic N) is 1. The van der Waals surface area contributed by atoms with Crippen LogP contribution in [-0.2, 0) is 11.3 Å². The Labute approximate surface area is 112 Å². The van der Waals surface area contributed by atoms with Gasteiger partial charge in [0.15, 0.2) is 11.5 Å². The average molecular weight is 260 g/mol. The minimum absolute atomic E-state index is 0.220. The quantitative estimate of drug-likeness (QED) is 0.878. The Bertz CT molecular complexity index is 508. The third-order valence-corrected chi connectivity index (χ3v) is 2.95. The van der Waals surface area contributed by atoms with E-state index in [1.807, 2.05) is 31.2 Å². The molecule has 0 spiro atoms. The van der Waals surface area contributed by atoms with Gasteiger partial charge in [-0.2, -0.15) is 5.26 Å². The number of nitriles is 1. The van der Waals surface area contributed by atoms with Gasteiger partial charge in [-0.1, -0.05) is 19.4 Å². The van der Waals surface area contributed by atoms with Crippen molar-refractivity contribution in [3.8, 4) is 17.6 Å². The van der Waals surface area contributed by atoms with Crippen LogP contribution in [-0.4, -0.2) is 12.7 Å². The topological polar surface area (TPSA) is 71.4 Å². The number of nitrogens with one attached hydrogen (secondary N) is 1. The van der Waals surface area contributed by atoms with E-state index in [0.29, 0.717) is 18.7 Å². The van der Waals surface area contributed by atoms with Gasteiger partial charge < -0.3 is 14.8 Å². The second-order valence-corrected chi connectivity index (χ2v) is 4.38. The summed E-state index contributed by atoms with van der Waals surface area (Å²) >= 11 is 0. The third-order valence-electron chi connectivity index (χ3n) is 2.95. The maximum absolute atomic E-state index is 11.8. The van der Waals surface area contributed by atoms with Gasteiger partial charge in [-0.25, -0.2) is 0 Å². The lowest BCUT2D eigenvalue weighted by molar-refractivity contribution is -0.123. The lowest BCUT2D eigenvalue weighted by atomic mass is 10.0. The minimum Gasteiger partial charge on any atom is -0.454 e. The molecular weight excluding hydrogens is 244 g/mol. The highest BCUT2D eigenvalue weighted by atomic mass is 16.7. The van der Waals surface area contributed by atoms with Crippen molar-refractivity contribution in [3.05, 3.63) is 23.8 Å². The Balaban J connectivity index is 1.92. The number of rotatable bonds is 5. The van der Waals surface area contributed by atoms with E-state index >= 15 is 0 Å². The van der Waals surface area contributed by atoms with Gasteiger partial charge in [0, 0.05) is 6.54 Å². The van der Waals surface area contributed by atoms with Gasteiger partial charge in [-0.3, -0.25) is 4.79 Å². The molecule has 1 aliphatic heterocycles. The number of hydrogen-bond acceptors (Lipinski definition) is 4. The van der Waals surface area contributed by atoms with Gasteiger partial charge in [-0.15, -0.1) is 0 Å². The van der Waals surface area contributed by atoms with Crippen molar-refractivity contribution in [2.45, 2.75) is 26.3 Å². The average Bonchev–Trinajstić information content (AvgIpc) is 2.89. The molecule has 0 fully saturated rings. The van der Waals surface area contributed by atoms with Crippen molar-refractivity contribution in [1.29, 1.82) is 5.26 Å². The summed E-state index contributed by atoms with van der Waals surface area (Å²) in [6.45, 7) is 2.57. The monoisotopic (exact) mass is 260 g/mol. The molecule has 1 aromatic rings. The molecule has 1 amide bonds. The van der Waals surface area contributed by atoms with Crippen LogP contribution in [0.4, 0.5) is 0 Å². The van der Waals surface area contributed by atoms with Crippen molar-refractivity contribution < 1.29 is 14.3 Å². The molecule has 0 aromatic heterocycles. The fourth-order valence-electron chi connectivity index (χ4n) is 1.91. The number of benzene rings is 1. The smallest absolute Gasteiger partial charge is 0.237 e. The van der Waals surface area contributed by atoms with Gasteiger partial charge in [0.25, 0.3) is 0 Å². The maximum Gasteiger partial charge on any atom is 0.237 e. The number of hydrogen-bond donors (Lipinski definition) is 1. The van der Waals surface area contributed by atoms with Crippen LogP contribution in [0, 0.1) is 17.2 Å². The largest absolute Gasteiger partial charge is 0.454 e. The van der Waals surface area contributed by atoms with E-state index in [-0.39, 0.29) is 12.7 Å². The van der Waals surface area contributed by atoms with Crippen molar-refractivity contribution in [3.63, 3.8) is 0 Å². The van der Waals surface area contributed by atoms with Crippen LogP contribution in [0.15, 0.2) is 18.2 Å². The number of carbonyl (C=O) groups excluding carboxylic acids is 1. The molecule has 0 bridgehead atoms. The van der Waals surface area contributed by atoms with E-state index in [9.17, 15) is 4.79 Å². The fourth-order valence-corrected chi connectivity index (χ4v) is 1.91. The first kappa shape index (κ1) is 13.2. The lowest BCUT2D eigenvalue weighted by Gasteiger charge is -2.09. The highest BCUT2D eigenvalue weighted by Gasteiger charge is 2.17. The van der Waals surface area contributed by atoms with Crippen LogP contribution in [0.3, 0.4) is 0 Å². The molecule has 5 nitrogen and oxygen atoms in total. The van der Waals surface area contributed by atoms with Crippen LogP contribution in [0.1, 0.15) is 25.3 Å². The zero-order valence-electron chi connectivity index (χ0n) is 10.8. The molecule has 1 N–H and O–H groups in total. The summed E-state index contributed by atoms with van der Waals surface area (Å²) in [4.78, 5) is 11.8. The molecule has 100 valence electrons. The first-order chi connectivity index (χ1) is 9.24. The Kier molecular flexibility index (Phi) is 4.24. The van der Waals surface area contributed by atoms with E-state index in [4.69, 9.17) is 14.7 Å². The van der Waals surface area contributed by atoms with Gasteiger partial charge in [-0.05, 0) is 24.1 Å². The van der Waals surface area contributed by atoms with Gasteiger partial charge in [0.05, 0.1) is 6.07 Å². The number of carbonyl (C=O) groups is 1. The first-order valence-electron chi connectivity index (χ1n) is 6.30. The molecule has 0 aliphatic carbocycles. The molecule has 19 heavy (non-hydrogen) atoms. The van der Waals surface area contributed by atoms with Gasteiger partial charge in [0.2, 0.25) is 12.7 Å². The van der Waals surface area contributed by atoms with Crippen LogP contribution in [0.2, 0.25) is 0 Å². The molecule has 1 unspecified atom stereocenters. The summed E-state index contributed by atoms with van der Waals surface area (Å²) in [5.41, 5.74) is 0.922. The van der Waals surface area contributed by atoms with Gasteiger partial charge >= 0.3 is 0 Å². The number of fused-ring (bicyclic) bond motifs is 1. The minimum atomic E-state index is -0.570. The molecule has 0 saturated carbocycles. The Morgan fingerprint density at radius 2 is 2.26 bits per heavy atom. The predicted molar refractivity (Wildman–Crippen MR) is 68.4 cm³/mol. The summed E-state index contributed by atoms with van der Waals surface area (Å²) in [5, 5.41) is 11.7. The summed E-state index contributed by atoms with van der Waals surface area (Å²) in [7, 11) is 0. The van der Waals surface area contributed by atoms with Crippen molar-refractivity contribution in [1.82, 2.24) is 5.32 Å². The van der Waals surface area contributed by atoms with Crippen molar-refractivity contribution in [2.75, 3.05) is 6.79 Å². The summed E-state index contributed by atoms with van der Waals surface area (Å²) in [6, 6.07) is 7.55. The lowest BCUT2D eigenvalue weighted by Crippen LogP contribution is -2.29. The third kappa shape index (κ3) is 3.16. The zero-order valence-corrected chi connectivity index (χ0v) is 10.8. The predicted octanol–water partition coefficient (Wildman–Crippen LogP) is 1.97. The van der Waals surface area contributed by atoms with Crippen LogP contribution in [0.5, 0.6) is 11.5 Å².